The van der Waals surface area contributed by atoms with Gasteiger partial charge in [-0.25, -0.2) is 0 Å². The van der Waals surface area contributed by atoms with E-state index in [9.17, 15) is 4.79 Å². The van der Waals surface area contributed by atoms with Crippen molar-refractivity contribution in [2.75, 3.05) is 7.05 Å². The topological polar surface area (TPSA) is 33.5 Å². The number of amides is 1. The van der Waals surface area contributed by atoms with Crippen molar-refractivity contribution in [1.82, 2.24) is 4.90 Å². The second kappa shape index (κ2) is 3.77. The van der Waals surface area contributed by atoms with Gasteiger partial charge in [-0.2, -0.15) is 0 Å². The predicted octanol–water partition coefficient (Wildman–Crippen LogP) is 2.41. The van der Waals surface area contributed by atoms with Crippen molar-refractivity contribution in [1.29, 1.82) is 0 Å². The first-order valence-corrected chi connectivity index (χ1v) is 4.85. The predicted molar refractivity (Wildman–Crippen MR) is 58.4 cm³/mol. The molecule has 0 spiro atoms. The van der Waals surface area contributed by atoms with Crippen LogP contribution in [0.5, 0.6) is 0 Å². The first kappa shape index (κ1) is 9.77. The fraction of sp³-hybridized carbons (Fsp3) is 0.250. The molecule has 1 amide bonds. The van der Waals surface area contributed by atoms with Crippen LogP contribution in [0.15, 0.2) is 34.9 Å². The largest absolute Gasteiger partial charge is 0.464 e. The van der Waals surface area contributed by atoms with Crippen molar-refractivity contribution in [3.05, 3.63) is 36.1 Å². The molecule has 0 aliphatic carbocycles. The summed E-state index contributed by atoms with van der Waals surface area (Å²) >= 11 is 0. The molecule has 2 aromatic rings. The molecule has 0 unspecified atom stereocenters. The summed E-state index contributed by atoms with van der Waals surface area (Å²) in [5.74, 6) is 0.0558. The van der Waals surface area contributed by atoms with Crippen LogP contribution in [0.4, 0.5) is 0 Å². The average Bonchev–Trinajstić information content (AvgIpc) is 2.62. The molecular formula is C12H13NO2. The van der Waals surface area contributed by atoms with Gasteiger partial charge in [0.2, 0.25) is 5.91 Å². The molecule has 1 aromatic heterocycles. The third kappa shape index (κ3) is 1.86. The van der Waals surface area contributed by atoms with Crippen LogP contribution in [-0.2, 0) is 11.3 Å². The normalized spacial score (nSPS) is 10.5. The average molecular weight is 203 g/mol. The summed E-state index contributed by atoms with van der Waals surface area (Å²) in [4.78, 5) is 12.8. The number of benzene rings is 1. The van der Waals surface area contributed by atoms with Gasteiger partial charge in [0.05, 0.1) is 6.26 Å². The molecule has 0 N–H and O–H groups in total. The highest BCUT2D eigenvalue weighted by molar-refractivity contribution is 5.81. The molecule has 0 fully saturated rings. The van der Waals surface area contributed by atoms with Gasteiger partial charge in [0, 0.05) is 31.5 Å². The standard InChI is InChI=1S/C12H13NO2/c1-9(14)13(2)7-10-8-15-12-6-4-3-5-11(10)12/h3-6,8H,7H2,1-2H3. The molecule has 0 saturated heterocycles. The Balaban J connectivity index is 2.32. The summed E-state index contributed by atoms with van der Waals surface area (Å²) in [5, 5.41) is 1.07. The number of furan rings is 1. The van der Waals surface area contributed by atoms with Crippen LogP contribution in [0, 0.1) is 0 Å². The minimum absolute atomic E-state index is 0.0558. The second-order valence-electron chi connectivity index (χ2n) is 3.63. The summed E-state index contributed by atoms with van der Waals surface area (Å²) < 4.78 is 5.39. The van der Waals surface area contributed by atoms with Crippen molar-refractivity contribution >= 4 is 16.9 Å². The third-order valence-corrected chi connectivity index (χ3v) is 2.51. The molecule has 3 heteroatoms. The molecule has 0 radical (unpaired) electrons. The van der Waals surface area contributed by atoms with Crippen LogP contribution in [-0.4, -0.2) is 17.9 Å². The Morgan fingerprint density at radius 2 is 2.13 bits per heavy atom. The van der Waals surface area contributed by atoms with Gasteiger partial charge in [0.15, 0.2) is 0 Å². The monoisotopic (exact) mass is 203 g/mol. The fourth-order valence-corrected chi connectivity index (χ4v) is 1.52. The van der Waals surface area contributed by atoms with E-state index in [1.165, 1.54) is 0 Å². The van der Waals surface area contributed by atoms with Crippen LogP contribution in [0.2, 0.25) is 0 Å². The molecule has 1 heterocycles. The minimum Gasteiger partial charge on any atom is -0.464 e. The molecule has 1 aromatic carbocycles. The van der Waals surface area contributed by atoms with E-state index in [4.69, 9.17) is 4.42 Å². The number of rotatable bonds is 2. The molecule has 0 bridgehead atoms. The number of hydrogen-bond donors (Lipinski definition) is 0. The lowest BCUT2D eigenvalue weighted by Crippen LogP contribution is -2.22. The number of carbonyl (C=O) groups is 1. The van der Waals surface area contributed by atoms with Gasteiger partial charge in [0.25, 0.3) is 0 Å². The number of fused-ring (bicyclic) bond motifs is 1. The van der Waals surface area contributed by atoms with Crippen LogP contribution < -0.4 is 0 Å². The van der Waals surface area contributed by atoms with E-state index in [0.717, 1.165) is 16.5 Å². The highest BCUT2D eigenvalue weighted by Gasteiger charge is 2.08. The summed E-state index contributed by atoms with van der Waals surface area (Å²) in [6, 6.07) is 7.83. The quantitative estimate of drug-likeness (QED) is 0.751. The van der Waals surface area contributed by atoms with Gasteiger partial charge < -0.3 is 9.32 Å². The molecule has 2 rings (SSSR count). The maximum absolute atomic E-state index is 11.1. The summed E-state index contributed by atoms with van der Waals surface area (Å²) in [5.41, 5.74) is 1.91. The Hall–Kier alpha value is -1.77. The van der Waals surface area contributed by atoms with Crippen molar-refractivity contribution in [3.8, 4) is 0 Å². The maximum atomic E-state index is 11.1. The van der Waals surface area contributed by atoms with Gasteiger partial charge in [-0.05, 0) is 6.07 Å². The summed E-state index contributed by atoms with van der Waals surface area (Å²) in [6.45, 7) is 2.15. The van der Waals surface area contributed by atoms with Crippen LogP contribution in [0.1, 0.15) is 12.5 Å². The van der Waals surface area contributed by atoms with Crippen molar-refractivity contribution in [3.63, 3.8) is 0 Å². The Morgan fingerprint density at radius 3 is 2.87 bits per heavy atom. The number of carbonyl (C=O) groups excluding carboxylic acids is 1. The number of nitrogens with zero attached hydrogens (tertiary/aromatic N) is 1. The Labute approximate surface area is 88.3 Å². The lowest BCUT2D eigenvalue weighted by atomic mass is 10.2. The summed E-state index contributed by atoms with van der Waals surface area (Å²) in [6.07, 6.45) is 1.71. The van der Waals surface area contributed by atoms with Crippen LogP contribution in [0.3, 0.4) is 0 Å². The van der Waals surface area contributed by atoms with E-state index >= 15 is 0 Å². The SMILES string of the molecule is CC(=O)N(C)Cc1coc2ccccc12. The van der Waals surface area contributed by atoms with Crippen molar-refractivity contribution in [2.45, 2.75) is 13.5 Å². The summed E-state index contributed by atoms with van der Waals surface area (Å²) in [7, 11) is 1.78. The molecule has 78 valence electrons. The van der Waals surface area contributed by atoms with Gasteiger partial charge in [-0.1, -0.05) is 18.2 Å². The van der Waals surface area contributed by atoms with E-state index in [1.807, 2.05) is 24.3 Å². The highest BCUT2D eigenvalue weighted by Crippen LogP contribution is 2.21. The lowest BCUT2D eigenvalue weighted by Gasteiger charge is -2.13. The first-order valence-electron chi connectivity index (χ1n) is 4.85. The molecule has 0 saturated carbocycles. The van der Waals surface area contributed by atoms with E-state index in [1.54, 1.807) is 25.1 Å². The molecule has 15 heavy (non-hydrogen) atoms. The van der Waals surface area contributed by atoms with Crippen LogP contribution in [0.25, 0.3) is 11.0 Å². The fourth-order valence-electron chi connectivity index (χ4n) is 1.52. The van der Waals surface area contributed by atoms with Gasteiger partial charge in [-0.15, -0.1) is 0 Å². The molecule has 0 atom stereocenters. The number of hydrogen-bond acceptors (Lipinski definition) is 2. The van der Waals surface area contributed by atoms with E-state index in [0.29, 0.717) is 6.54 Å². The third-order valence-electron chi connectivity index (χ3n) is 2.51. The van der Waals surface area contributed by atoms with Gasteiger partial charge in [-0.3, -0.25) is 4.79 Å². The zero-order valence-corrected chi connectivity index (χ0v) is 8.86. The zero-order valence-electron chi connectivity index (χ0n) is 8.86. The molecular weight excluding hydrogens is 190 g/mol. The number of para-hydroxylation sites is 1. The maximum Gasteiger partial charge on any atom is 0.219 e. The Morgan fingerprint density at radius 1 is 1.40 bits per heavy atom. The van der Waals surface area contributed by atoms with E-state index in [-0.39, 0.29) is 5.91 Å². The molecule has 0 aliphatic heterocycles. The van der Waals surface area contributed by atoms with Crippen molar-refractivity contribution in [2.24, 2.45) is 0 Å². The van der Waals surface area contributed by atoms with Crippen LogP contribution >= 0.6 is 0 Å². The molecule has 3 nitrogen and oxygen atoms in total. The Kier molecular flexibility index (Phi) is 2.46. The van der Waals surface area contributed by atoms with E-state index in [2.05, 4.69) is 0 Å². The first-order chi connectivity index (χ1) is 7.18. The minimum atomic E-state index is 0.0558. The van der Waals surface area contributed by atoms with Gasteiger partial charge in [0.1, 0.15) is 5.58 Å². The zero-order chi connectivity index (χ0) is 10.8. The second-order valence-corrected chi connectivity index (χ2v) is 3.63. The lowest BCUT2D eigenvalue weighted by molar-refractivity contribution is -0.128. The molecule has 0 aliphatic rings. The smallest absolute Gasteiger partial charge is 0.219 e. The van der Waals surface area contributed by atoms with Gasteiger partial charge >= 0.3 is 0 Å². The van der Waals surface area contributed by atoms with Crippen molar-refractivity contribution < 1.29 is 9.21 Å². The highest BCUT2D eigenvalue weighted by atomic mass is 16.3. The Bertz CT molecular complexity index is 487. The van der Waals surface area contributed by atoms with E-state index < -0.39 is 0 Å².